The monoisotopic (exact) mass is 242 g/mol. The minimum absolute atomic E-state index is 0.690. The average Bonchev–Trinajstić information content (AvgIpc) is 2.09. The highest BCUT2D eigenvalue weighted by molar-refractivity contribution is 9.10. The molecule has 0 fully saturated rings. The second-order valence-electron chi connectivity index (χ2n) is 3.04. The Morgan fingerprint density at radius 1 is 1.46 bits per heavy atom. The van der Waals surface area contributed by atoms with Crippen LogP contribution in [0.2, 0.25) is 0 Å². The van der Waals surface area contributed by atoms with Gasteiger partial charge in [-0.25, -0.2) is 0 Å². The second-order valence-corrected chi connectivity index (χ2v) is 3.95. The first-order valence-corrected chi connectivity index (χ1v) is 5.19. The molecule has 0 saturated carbocycles. The molecular weight excluding hydrogens is 228 g/mol. The van der Waals surface area contributed by atoms with E-state index in [9.17, 15) is 0 Å². The fourth-order valence-electron chi connectivity index (χ4n) is 1.18. The van der Waals surface area contributed by atoms with Crippen molar-refractivity contribution in [3.05, 3.63) is 33.8 Å². The standard InChI is InChI=1S/C10H15BrN2/c1-8-6-10(11)3-2-9(8)7-13-5-4-12/h2-3,6,13H,4-5,7,12H2,1H3. The molecule has 0 bridgehead atoms. The molecule has 0 aliphatic carbocycles. The van der Waals surface area contributed by atoms with Crippen molar-refractivity contribution in [2.24, 2.45) is 5.73 Å². The van der Waals surface area contributed by atoms with E-state index in [4.69, 9.17) is 5.73 Å². The Morgan fingerprint density at radius 2 is 2.23 bits per heavy atom. The first-order chi connectivity index (χ1) is 6.24. The van der Waals surface area contributed by atoms with Crippen LogP contribution in [0.15, 0.2) is 22.7 Å². The number of nitrogens with one attached hydrogen (secondary N) is 1. The number of halogens is 1. The molecule has 0 amide bonds. The zero-order valence-electron chi connectivity index (χ0n) is 7.81. The van der Waals surface area contributed by atoms with E-state index in [1.165, 1.54) is 11.1 Å². The Labute approximate surface area is 87.6 Å². The Balaban J connectivity index is 2.56. The molecule has 0 aliphatic heterocycles. The van der Waals surface area contributed by atoms with Crippen LogP contribution in [0.5, 0.6) is 0 Å². The third kappa shape index (κ3) is 3.46. The molecule has 0 atom stereocenters. The summed E-state index contributed by atoms with van der Waals surface area (Å²) < 4.78 is 1.13. The van der Waals surface area contributed by atoms with Gasteiger partial charge in [-0.05, 0) is 30.2 Å². The van der Waals surface area contributed by atoms with Gasteiger partial charge in [-0.2, -0.15) is 0 Å². The highest BCUT2D eigenvalue weighted by Crippen LogP contribution is 2.15. The summed E-state index contributed by atoms with van der Waals surface area (Å²) >= 11 is 3.44. The van der Waals surface area contributed by atoms with Crippen LogP contribution >= 0.6 is 15.9 Å². The third-order valence-electron chi connectivity index (χ3n) is 1.94. The van der Waals surface area contributed by atoms with Crippen molar-refractivity contribution in [3.63, 3.8) is 0 Å². The summed E-state index contributed by atoms with van der Waals surface area (Å²) in [6.07, 6.45) is 0. The number of hydrogen-bond donors (Lipinski definition) is 2. The summed E-state index contributed by atoms with van der Waals surface area (Å²) in [4.78, 5) is 0. The molecule has 13 heavy (non-hydrogen) atoms. The zero-order chi connectivity index (χ0) is 9.68. The van der Waals surface area contributed by atoms with Gasteiger partial charge in [0.25, 0.3) is 0 Å². The van der Waals surface area contributed by atoms with E-state index >= 15 is 0 Å². The van der Waals surface area contributed by atoms with Gasteiger partial charge in [-0.15, -0.1) is 0 Å². The van der Waals surface area contributed by atoms with Gasteiger partial charge >= 0.3 is 0 Å². The molecule has 0 unspecified atom stereocenters. The largest absolute Gasteiger partial charge is 0.329 e. The van der Waals surface area contributed by atoms with Crippen LogP contribution in [-0.2, 0) is 6.54 Å². The predicted molar refractivity (Wildman–Crippen MR) is 59.6 cm³/mol. The van der Waals surface area contributed by atoms with Crippen LogP contribution in [0.25, 0.3) is 0 Å². The van der Waals surface area contributed by atoms with Gasteiger partial charge in [0.05, 0.1) is 0 Å². The van der Waals surface area contributed by atoms with E-state index in [-0.39, 0.29) is 0 Å². The summed E-state index contributed by atoms with van der Waals surface area (Å²) in [5.41, 5.74) is 8.02. The van der Waals surface area contributed by atoms with Crippen LogP contribution in [0.1, 0.15) is 11.1 Å². The Bertz CT molecular complexity index is 274. The van der Waals surface area contributed by atoms with Gasteiger partial charge in [0, 0.05) is 24.1 Å². The van der Waals surface area contributed by atoms with Crippen molar-refractivity contribution >= 4 is 15.9 Å². The lowest BCUT2D eigenvalue weighted by Gasteiger charge is -2.06. The number of nitrogens with two attached hydrogens (primary N) is 1. The molecule has 72 valence electrons. The van der Waals surface area contributed by atoms with Gasteiger partial charge < -0.3 is 11.1 Å². The number of aryl methyl sites for hydroxylation is 1. The molecule has 3 N–H and O–H groups in total. The summed E-state index contributed by atoms with van der Waals surface area (Å²) in [5.74, 6) is 0. The van der Waals surface area contributed by atoms with Gasteiger partial charge in [-0.3, -0.25) is 0 Å². The average molecular weight is 243 g/mol. The quantitative estimate of drug-likeness (QED) is 0.791. The Kier molecular flexibility index (Phi) is 4.42. The molecular formula is C10H15BrN2. The number of hydrogen-bond acceptors (Lipinski definition) is 2. The normalized spacial score (nSPS) is 10.4. The molecule has 0 saturated heterocycles. The second kappa shape index (κ2) is 5.37. The smallest absolute Gasteiger partial charge is 0.0208 e. The van der Waals surface area contributed by atoms with Gasteiger partial charge in [0.15, 0.2) is 0 Å². The van der Waals surface area contributed by atoms with Crippen molar-refractivity contribution < 1.29 is 0 Å². The molecule has 1 aromatic carbocycles. The van der Waals surface area contributed by atoms with Crippen LogP contribution in [0.3, 0.4) is 0 Å². The van der Waals surface area contributed by atoms with E-state index in [2.05, 4.69) is 46.4 Å². The highest BCUT2D eigenvalue weighted by Gasteiger charge is 1.97. The lowest BCUT2D eigenvalue weighted by molar-refractivity contribution is 0.692. The van der Waals surface area contributed by atoms with Crippen LogP contribution < -0.4 is 11.1 Å². The van der Waals surface area contributed by atoms with Crippen LogP contribution in [0, 0.1) is 6.92 Å². The van der Waals surface area contributed by atoms with Crippen LogP contribution in [0.4, 0.5) is 0 Å². The SMILES string of the molecule is Cc1cc(Br)ccc1CNCCN. The van der Waals surface area contributed by atoms with Gasteiger partial charge in [0.1, 0.15) is 0 Å². The predicted octanol–water partition coefficient (Wildman–Crippen LogP) is 1.81. The molecule has 0 heterocycles. The van der Waals surface area contributed by atoms with Crippen molar-refractivity contribution in [1.29, 1.82) is 0 Å². The van der Waals surface area contributed by atoms with Gasteiger partial charge in [0.2, 0.25) is 0 Å². The van der Waals surface area contributed by atoms with Crippen molar-refractivity contribution in [2.75, 3.05) is 13.1 Å². The summed E-state index contributed by atoms with van der Waals surface area (Å²) in [6, 6.07) is 6.31. The molecule has 0 aliphatic rings. The van der Waals surface area contributed by atoms with E-state index in [1.54, 1.807) is 0 Å². The lowest BCUT2D eigenvalue weighted by atomic mass is 10.1. The molecule has 0 radical (unpaired) electrons. The highest BCUT2D eigenvalue weighted by atomic mass is 79.9. The summed E-state index contributed by atoms with van der Waals surface area (Å²) in [6.45, 7) is 4.58. The Morgan fingerprint density at radius 3 is 2.85 bits per heavy atom. The minimum atomic E-state index is 0.690. The fourth-order valence-corrected chi connectivity index (χ4v) is 1.66. The molecule has 1 rings (SSSR count). The van der Waals surface area contributed by atoms with E-state index in [0.29, 0.717) is 6.54 Å². The van der Waals surface area contributed by atoms with Crippen LogP contribution in [-0.4, -0.2) is 13.1 Å². The molecule has 2 nitrogen and oxygen atoms in total. The third-order valence-corrected chi connectivity index (χ3v) is 2.43. The maximum Gasteiger partial charge on any atom is 0.0208 e. The summed E-state index contributed by atoms with van der Waals surface area (Å²) in [7, 11) is 0. The molecule has 0 spiro atoms. The van der Waals surface area contributed by atoms with Gasteiger partial charge in [-0.1, -0.05) is 22.0 Å². The van der Waals surface area contributed by atoms with Crippen molar-refractivity contribution in [2.45, 2.75) is 13.5 Å². The van der Waals surface area contributed by atoms with E-state index in [0.717, 1.165) is 17.6 Å². The van der Waals surface area contributed by atoms with Crippen molar-refractivity contribution in [1.82, 2.24) is 5.32 Å². The van der Waals surface area contributed by atoms with Crippen molar-refractivity contribution in [3.8, 4) is 0 Å². The molecule has 0 aromatic heterocycles. The zero-order valence-corrected chi connectivity index (χ0v) is 9.39. The molecule has 1 aromatic rings. The first-order valence-electron chi connectivity index (χ1n) is 4.40. The maximum atomic E-state index is 5.38. The number of rotatable bonds is 4. The molecule has 3 heteroatoms. The Hall–Kier alpha value is -0.380. The number of benzene rings is 1. The minimum Gasteiger partial charge on any atom is -0.329 e. The van der Waals surface area contributed by atoms with E-state index in [1.807, 2.05) is 0 Å². The topological polar surface area (TPSA) is 38.0 Å². The lowest BCUT2D eigenvalue weighted by Crippen LogP contribution is -2.22. The maximum absolute atomic E-state index is 5.38. The summed E-state index contributed by atoms with van der Waals surface area (Å²) in [5, 5.41) is 3.27. The fraction of sp³-hybridized carbons (Fsp3) is 0.400. The first kappa shape index (κ1) is 10.7. The van der Waals surface area contributed by atoms with E-state index < -0.39 is 0 Å².